The van der Waals surface area contributed by atoms with Crippen molar-refractivity contribution in [2.75, 3.05) is 5.73 Å². The standard InChI is InChI=1S/C18H36.C7H7NO2/c1-3-5-7-9-11-13-15-17-18-16-14-12-10-8-6-4-2;8-6-3-1-5(2-4-6)7(9)10/h17-18H,3-16H2,1-2H3;1-4H,8H2,(H,9,10). The highest BCUT2D eigenvalue weighted by Gasteiger charge is 1.98. The highest BCUT2D eigenvalue weighted by molar-refractivity contribution is 5.87. The quantitative estimate of drug-likeness (QED) is 0.181. The van der Waals surface area contributed by atoms with Gasteiger partial charge in [-0.2, -0.15) is 0 Å². The van der Waals surface area contributed by atoms with Crippen molar-refractivity contribution >= 4 is 11.7 Å². The van der Waals surface area contributed by atoms with E-state index in [1.54, 1.807) is 12.1 Å². The van der Waals surface area contributed by atoms with E-state index in [9.17, 15) is 4.79 Å². The summed E-state index contributed by atoms with van der Waals surface area (Å²) in [5.41, 5.74) is 6.17. The molecular weight excluding hydrogens is 346 g/mol. The minimum atomic E-state index is -0.931. The Hall–Kier alpha value is -1.77. The van der Waals surface area contributed by atoms with Crippen molar-refractivity contribution in [3.63, 3.8) is 0 Å². The van der Waals surface area contributed by atoms with E-state index in [2.05, 4.69) is 26.0 Å². The molecule has 28 heavy (non-hydrogen) atoms. The predicted molar refractivity (Wildman–Crippen MR) is 123 cm³/mol. The van der Waals surface area contributed by atoms with Crippen molar-refractivity contribution in [3.8, 4) is 0 Å². The van der Waals surface area contributed by atoms with Gasteiger partial charge in [-0.25, -0.2) is 4.79 Å². The largest absolute Gasteiger partial charge is 0.478 e. The molecule has 0 amide bonds. The van der Waals surface area contributed by atoms with Crippen LogP contribution < -0.4 is 5.73 Å². The summed E-state index contributed by atoms with van der Waals surface area (Å²) in [6.07, 6.45) is 24.4. The fraction of sp³-hybridized carbons (Fsp3) is 0.640. The SMILES string of the molecule is CCCCCCCCC=CCCCCCCCC.Nc1ccc(C(=O)O)cc1. The van der Waals surface area contributed by atoms with E-state index in [1.165, 1.54) is 102 Å². The number of aromatic carboxylic acids is 1. The maximum atomic E-state index is 10.3. The summed E-state index contributed by atoms with van der Waals surface area (Å²) in [6.45, 7) is 4.57. The summed E-state index contributed by atoms with van der Waals surface area (Å²) >= 11 is 0. The third kappa shape index (κ3) is 17.6. The van der Waals surface area contributed by atoms with Crippen LogP contribution in [0.15, 0.2) is 36.4 Å². The number of anilines is 1. The van der Waals surface area contributed by atoms with Crippen LogP contribution in [0.5, 0.6) is 0 Å². The Bertz CT molecular complexity index is 476. The van der Waals surface area contributed by atoms with E-state index in [4.69, 9.17) is 10.8 Å². The molecule has 3 N–H and O–H groups in total. The first-order valence-electron chi connectivity index (χ1n) is 11.4. The molecule has 3 heteroatoms. The van der Waals surface area contributed by atoms with E-state index < -0.39 is 5.97 Å². The lowest BCUT2D eigenvalue weighted by molar-refractivity contribution is 0.0697. The van der Waals surface area contributed by atoms with Gasteiger partial charge in [0.2, 0.25) is 0 Å². The second kappa shape index (κ2) is 20.0. The second-order valence-electron chi connectivity index (χ2n) is 7.51. The van der Waals surface area contributed by atoms with Gasteiger partial charge in [0, 0.05) is 5.69 Å². The Morgan fingerprint density at radius 3 is 1.54 bits per heavy atom. The van der Waals surface area contributed by atoms with Crippen molar-refractivity contribution in [3.05, 3.63) is 42.0 Å². The van der Waals surface area contributed by atoms with Crippen LogP contribution in [0.3, 0.4) is 0 Å². The molecule has 1 aromatic rings. The Morgan fingerprint density at radius 2 is 1.14 bits per heavy atom. The van der Waals surface area contributed by atoms with Gasteiger partial charge in [-0.15, -0.1) is 0 Å². The van der Waals surface area contributed by atoms with Crippen LogP contribution in [-0.4, -0.2) is 11.1 Å². The number of unbranched alkanes of at least 4 members (excludes halogenated alkanes) is 12. The van der Waals surface area contributed by atoms with Gasteiger partial charge in [-0.1, -0.05) is 90.2 Å². The first-order valence-corrected chi connectivity index (χ1v) is 11.4. The van der Waals surface area contributed by atoms with Crippen LogP contribution >= 0.6 is 0 Å². The molecule has 0 heterocycles. The molecule has 0 unspecified atom stereocenters. The van der Waals surface area contributed by atoms with Gasteiger partial charge in [0.15, 0.2) is 0 Å². The van der Waals surface area contributed by atoms with Crippen molar-refractivity contribution in [1.29, 1.82) is 0 Å². The van der Waals surface area contributed by atoms with Crippen molar-refractivity contribution in [2.45, 2.75) is 104 Å². The number of rotatable bonds is 15. The minimum Gasteiger partial charge on any atom is -0.478 e. The Labute approximate surface area is 173 Å². The Kier molecular flexibility index (Phi) is 18.7. The maximum Gasteiger partial charge on any atom is 0.335 e. The average Bonchev–Trinajstić information content (AvgIpc) is 2.69. The lowest BCUT2D eigenvalue weighted by Crippen LogP contribution is -1.95. The summed E-state index contributed by atoms with van der Waals surface area (Å²) in [4.78, 5) is 10.3. The van der Waals surface area contributed by atoms with Gasteiger partial charge in [-0.3, -0.25) is 0 Å². The molecule has 0 fully saturated rings. The fourth-order valence-electron chi connectivity index (χ4n) is 2.95. The van der Waals surface area contributed by atoms with Crippen LogP contribution in [-0.2, 0) is 0 Å². The highest BCUT2D eigenvalue weighted by atomic mass is 16.4. The zero-order valence-corrected chi connectivity index (χ0v) is 18.3. The Morgan fingerprint density at radius 1 is 0.750 bits per heavy atom. The second-order valence-corrected chi connectivity index (χ2v) is 7.51. The summed E-state index contributed by atoms with van der Waals surface area (Å²) in [5.74, 6) is -0.931. The summed E-state index contributed by atoms with van der Waals surface area (Å²) in [6, 6.07) is 6.06. The van der Waals surface area contributed by atoms with Crippen LogP contribution in [0.25, 0.3) is 0 Å². The molecule has 0 aliphatic heterocycles. The molecule has 160 valence electrons. The zero-order valence-electron chi connectivity index (χ0n) is 18.3. The first-order chi connectivity index (χ1) is 13.6. The minimum absolute atomic E-state index is 0.259. The average molecular weight is 390 g/mol. The molecule has 0 atom stereocenters. The summed E-state index contributed by atoms with van der Waals surface area (Å²) in [5, 5.41) is 8.43. The topological polar surface area (TPSA) is 63.3 Å². The van der Waals surface area contributed by atoms with Gasteiger partial charge in [0.1, 0.15) is 0 Å². The Balaban J connectivity index is 0.000000609. The number of hydrogen-bond donors (Lipinski definition) is 2. The fourth-order valence-corrected chi connectivity index (χ4v) is 2.95. The van der Waals surface area contributed by atoms with Crippen LogP contribution in [0.4, 0.5) is 5.69 Å². The van der Waals surface area contributed by atoms with Gasteiger partial charge >= 0.3 is 5.97 Å². The zero-order chi connectivity index (χ0) is 20.9. The number of allylic oxidation sites excluding steroid dienone is 2. The van der Waals surface area contributed by atoms with E-state index >= 15 is 0 Å². The number of nitrogen functional groups attached to an aromatic ring is 1. The van der Waals surface area contributed by atoms with Gasteiger partial charge in [-0.05, 0) is 49.9 Å². The van der Waals surface area contributed by atoms with Gasteiger partial charge < -0.3 is 10.8 Å². The molecule has 0 bridgehead atoms. The number of carboxylic acid groups (broad SMARTS) is 1. The third-order valence-corrected chi connectivity index (χ3v) is 4.77. The van der Waals surface area contributed by atoms with Crippen molar-refractivity contribution in [1.82, 2.24) is 0 Å². The molecule has 0 saturated heterocycles. The third-order valence-electron chi connectivity index (χ3n) is 4.77. The van der Waals surface area contributed by atoms with E-state index in [0.29, 0.717) is 5.69 Å². The highest BCUT2D eigenvalue weighted by Crippen LogP contribution is 2.09. The van der Waals surface area contributed by atoms with E-state index in [1.807, 2.05) is 0 Å². The molecule has 0 aliphatic rings. The molecule has 0 aromatic heterocycles. The summed E-state index contributed by atoms with van der Waals surface area (Å²) < 4.78 is 0. The molecule has 0 radical (unpaired) electrons. The van der Waals surface area contributed by atoms with E-state index in [-0.39, 0.29) is 5.56 Å². The van der Waals surface area contributed by atoms with E-state index in [0.717, 1.165) is 0 Å². The van der Waals surface area contributed by atoms with Crippen molar-refractivity contribution in [2.24, 2.45) is 0 Å². The molecular formula is C25H43NO2. The molecule has 0 aliphatic carbocycles. The van der Waals surface area contributed by atoms with Crippen LogP contribution in [0.2, 0.25) is 0 Å². The molecule has 1 rings (SSSR count). The molecule has 0 saturated carbocycles. The molecule has 3 nitrogen and oxygen atoms in total. The van der Waals surface area contributed by atoms with Crippen LogP contribution in [0, 0.1) is 0 Å². The lowest BCUT2D eigenvalue weighted by Gasteiger charge is -1.98. The number of hydrogen-bond acceptors (Lipinski definition) is 2. The monoisotopic (exact) mass is 389 g/mol. The lowest BCUT2D eigenvalue weighted by atomic mass is 10.1. The molecule has 1 aromatic carbocycles. The number of carboxylic acids is 1. The number of benzene rings is 1. The normalized spacial score (nSPS) is 10.6. The van der Waals surface area contributed by atoms with Gasteiger partial charge in [0.05, 0.1) is 5.56 Å². The first kappa shape index (κ1) is 26.2. The van der Waals surface area contributed by atoms with Crippen LogP contribution in [0.1, 0.15) is 114 Å². The predicted octanol–water partition coefficient (Wildman–Crippen LogP) is 8.01. The maximum absolute atomic E-state index is 10.3. The molecule has 0 spiro atoms. The number of carbonyl (C=O) groups is 1. The smallest absolute Gasteiger partial charge is 0.335 e. The van der Waals surface area contributed by atoms with Crippen molar-refractivity contribution < 1.29 is 9.90 Å². The number of nitrogens with two attached hydrogens (primary N) is 1. The van der Waals surface area contributed by atoms with Gasteiger partial charge in [0.25, 0.3) is 0 Å². The summed E-state index contributed by atoms with van der Waals surface area (Å²) in [7, 11) is 0.